The van der Waals surface area contributed by atoms with E-state index in [-0.39, 0.29) is 5.69 Å². The molecule has 3 heteroatoms. The van der Waals surface area contributed by atoms with Crippen molar-refractivity contribution in [2.75, 3.05) is 5.73 Å². The van der Waals surface area contributed by atoms with E-state index in [2.05, 4.69) is 0 Å². The van der Waals surface area contributed by atoms with Gasteiger partial charge < -0.3 is 10.8 Å². The monoisotopic (exact) mass is 141 g/mol. The van der Waals surface area contributed by atoms with Gasteiger partial charge in [0.25, 0.3) is 0 Å². The molecule has 54 valence electrons. The second kappa shape index (κ2) is 2.17. The summed E-state index contributed by atoms with van der Waals surface area (Å²) in [6, 6.07) is 2.98. The van der Waals surface area contributed by atoms with Gasteiger partial charge in [0, 0.05) is 0 Å². The topological polar surface area (TPSA) is 46.2 Å². The number of nitrogens with two attached hydrogens (primary N) is 1. The maximum atomic E-state index is 12.7. The lowest BCUT2D eigenvalue weighted by Gasteiger charge is -2.00. The van der Waals surface area contributed by atoms with Crippen molar-refractivity contribution in [3.8, 4) is 5.75 Å². The van der Waals surface area contributed by atoms with E-state index in [1.165, 1.54) is 12.1 Å². The smallest absolute Gasteiger partial charge is 0.174 e. The average molecular weight is 141 g/mol. The van der Waals surface area contributed by atoms with Crippen molar-refractivity contribution in [2.45, 2.75) is 6.92 Å². The van der Waals surface area contributed by atoms with Crippen LogP contribution in [0.3, 0.4) is 0 Å². The molecule has 1 rings (SSSR count). The first-order valence-corrected chi connectivity index (χ1v) is 2.86. The number of aryl methyl sites for hydroxylation is 1. The first kappa shape index (κ1) is 6.86. The fourth-order valence-corrected chi connectivity index (χ4v) is 0.680. The fraction of sp³-hybridized carbons (Fsp3) is 0.143. The molecule has 0 spiro atoms. The SMILES string of the molecule is Cc1ccc(N)c(O)c1F. The number of phenolic OH excluding ortho intramolecular Hbond substituents is 1. The van der Waals surface area contributed by atoms with Gasteiger partial charge in [-0.05, 0) is 18.6 Å². The number of hydrogen-bond acceptors (Lipinski definition) is 2. The number of rotatable bonds is 0. The Morgan fingerprint density at radius 3 is 2.60 bits per heavy atom. The summed E-state index contributed by atoms with van der Waals surface area (Å²) in [6.45, 7) is 1.56. The molecule has 1 aromatic rings. The van der Waals surface area contributed by atoms with Gasteiger partial charge in [0.2, 0.25) is 0 Å². The Hall–Kier alpha value is -1.25. The van der Waals surface area contributed by atoms with Gasteiger partial charge in [0.05, 0.1) is 5.69 Å². The number of benzene rings is 1. The third-order valence-electron chi connectivity index (χ3n) is 1.34. The summed E-state index contributed by atoms with van der Waals surface area (Å²) in [5, 5.41) is 8.89. The second-order valence-corrected chi connectivity index (χ2v) is 2.13. The van der Waals surface area contributed by atoms with E-state index >= 15 is 0 Å². The van der Waals surface area contributed by atoms with Gasteiger partial charge in [-0.1, -0.05) is 6.07 Å². The largest absolute Gasteiger partial charge is 0.503 e. The molecule has 0 radical (unpaired) electrons. The van der Waals surface area contributed by atoms with Crippen LogP contribution >= 0.6 is 0 Å². The lowest BCUT2D eigenvalue weighted by Crippen LogP contribution is -1.90. The van der Waals surface area contributed by atoms with Crippen molar-refractivity contribution in [3.63, 3.8) is 0 Å². The van der Waals surface area contributed by atoms with E-state index in [1.807, 2.05) is 0 Å². The van der Waals surface area contributed by atoms with Crippen LogP contribution in [-0.2, 0) is 0 Å². The normalized spacial score (nSPS) is 9.80. The van der Waals surface area contributed by atoms with Crippen LogP contribution in [0.2, 0.25) is 0 Å². The Morgan fingerprint density at radius 2 is 2.10 bits per heavy atom. The molecule has 0 unspecified atom stereocenters. The van der Waals surface area contributed by atoms with Crippen molar-refractivity contribution in [1.82, 2.24) is 0 Å². The van der Waals surface area contributed by atoms with Crippen LogP contribution in [0, 0.1) is 12.7 Å². The van der Waals surface area contributed by atoms with Crippen LogP contribution in [0.25, 0.3) is 0 Å². The Balaban J connectivity index is 3.34. The van der Waals surface area contributed by atoms with E-state index in [0.29, 0.717) is 5.56 Å². The molecule has 0 aliphatic rings. The minimum absolute atomic E-state index is 0.0723. The van der Waals surface area contributed by atoms with Gasteiger partial charge in [0.1, 0.15) is 0 Å². The molecular formula is C7H8FNO. The summed E-state index contributed by atoms with van der Waals surface area (Å²) < 4.78 is 12.7. The number of hydrogen-bond donors (Lipinski definition) is 2. The van der Waals surface area contributed by atoms with Crippen molar-refractivity contribution in [2.24, 2.45) is 0 Å². The van der Waals surface area contributed by atoms with Gasteiger partial charge in [-0.25, -0.2) is 4.39 Å². The Bertz CT molecular complexity index is 233. The van der Waals surface area contributed by atoms with Crippen molar-refractivity contribution in [3.05, 3.63) is 23.5 Å². The maximum Gasteiger partial charge on any atom is 0.174 e. The molecule has 2 nitrogen and oxygen atoms in total. The molecule has 0 bridgehead atoms. The molecule has 0 atom stereocenters. The molecule has 1 aromatic carbocycles. The molecule has 0 saturated carbocycles. The number of anilines is 1. The summed E-state index contributed by atoms with van der Waals surface area (Å²) in [6.07, 6.45) is 0. The first-order chi connectivity index (χ1) is 4.63. The Labute approximate surface area is 58.1 Å². The zero-order chi connectivity index (χ0) is 7.72. The molecule has 0 saturated heterocycles. The van der Waals surface area contributed by atoms with Crippen LogP contribution in [-0.4, -0.2) is 5.11 Å². The first-order valence-electron chi connectivity index (χ1n) is 2.86. The maximum absolute atomic E-state index is 12.7. The molecule has 0 aliphatic carbocycles. The van der Waals surface area contributed by atoms with Crippen LogP contribution in [0.1, 0.15) is 5.56 Å². The molecular weight excluding hydrogens is 133 g/mol. The summed E-state index contributed by atoms with van der Waals surface area (Å²) in [5.74, 6) is -1.10. The quantitative estimate of drug-likeness (QED) is 0.424. The Kier molecular flexibility index (Phi) is 1.49. The number of nitrogen functional groups attached to an aromatic ring is 1. The lowest BCUT2D eigenvalue weighted by molar-refractivity contribution is 0.433. The minimum Gasteiger partial charge on any atom is -0.503 e. The fourth-order valence-electron chi connectivity index (χ4n) is 0.680. The predicted molar refractivity (Wildman–Crippen MR) is 37.2 cm³/mol. The average Bonchev–Trinajstić information content (AvgIpc) is 1.93. The number of aromatic hydroxyl groups is 1. The van der Waals surface area contributed by atoms with Crippen molar-refractivity contribution >= 4 is 5.69 Å². The van der Waals surface area contributed by atoms with Crippen LogP contribution < -0.4 is 5.73 Å². The highest BCUT2D eigenvalue weighted by Gasteiger charge is 2.05. The van der Waals surface area contributed by atoms with Crippen molar-refractivity contribution < 1.29 is 9.50 Å². The van der Waals surface area contributed by atoms with Gasteiger partial charge >= 0.3 is 0 Å². The van der Waals surface area contributed by atoms with Crippen molar-refractivity contribution in [1.29, 1.82) is 0 Å². The highest BCUT2D eigenvalue weighted by atomic mass is 19.1. The van der Waals surface area contributed by atoms with Gasteiger partial charge in [-0.2, -0.15) is 0 Å². The van der Waals surface area contributed by atoms with Crippen LogP contribution in [0.4, 0.5) is 10.1 Å². The number of phenols is 1. The van der Waals surface area contributed by atoms with E-state index in [0.717, 1.165) is 0 Å². The third kappa shape index (κ3) is 0.900. The van der Waals surface area contributed by atoms with E-state index in [4.69, 9.17) is 10.8 Å². The molecule has 0 aliphatic heterocycles. The van der Waals surface area contributed by atoms with Gasteiger partial charge in [0.15, 0.2) is 11.6 Å². The molecule has 0 aromatic heterocycles. The van der Waals surface area contributed by atoms with E-state index < -0.39 is 11.6 Å². The molecule has 0 heterocycles. The standard InChI is InChI=1S/C7H8FNO/c1-4-2-3-5(9)7(10)6(4)8/h2-3,10H,9H2,1H3. The summed E-state index contributed by atoms with van der Waals surface area (Å²) in [4.78, 5) is 0. The van der Waals surface area contributed by atoms with Crippen LogP contribution in [0.15, 0.2) is 12.1 Å². The lowest BCUT2D eigenvalue weighted by atomic mass is 10.2. The zero-order valence-electron chi connectivity index (χ0n) is 5.56. The third-order valence-corrected chi connectivity index (χ3v) is 1.34. The second-order valence-electron chi connectivity index (χ2n) is 2.13. The molecule has 10 heavy (non-hydrogen) atoms. The number of halogens is 1. The molecule has 0 fully saturated rings. The highest BCUT2D eigenvalue weighted by Crippen LogP contribution is 2.25. The Morgan fingerprint density at radius 1 is 1.50 bits per heavy atom. The molecule has 0 amide bonds. The zero-order valence-corrected chi connectivity index (χ0v) is 5.56. The predicted octanol–water partition coefficient (Wildman–Crippen LogP) is 1.42. The van der Waals surface area contributed by atoms with Crippen LogP contribution in [0.5, 0.6) is 5.75 Å². The minimum atomic E-state index is -0.639. The van der Waals surface area contributed by atoms with Gasteiger partial charge in [-0.3, -0.25) is 0 Å². The summed E-state index contributed by atoms with van der Waals surface area (Å²) in [7, 11) is 0. The summed E-state index contributed by atoms with van der Waals surface area (Å²) >= 11 is 0. The van der Waals surface area contributed by atoms with E-state index in [9.17, 15) is 4.39 Å². The van der Waals surface area contributed by atoms with E-state index in [1.54, 1.807) is 6.92 Å². The summed E-state index contributed by atoms with van der Waals surface area (Å²) in [5.41, 5.74) is 5.67. The highest BCUT2D eigenvalue weighted by molar-refractivity contribution is 5.53. The molecule has 3 N–H and O–H groups in total. The van der Waals surface area contributed by atoms with Gasteiger partial charge in [-0.15, -0.1) is 0 Å².